The Balaban J connectivity index is 1.90. The number of hydrogen-bond donors (Lipinski definition) is 0. The van der Waals surface area contributed by atoms with Crippen molar-refractivity contribution in [3.8, 4) is 5.75 Å². The Bertz CT molecular complexity index is 837. The number of para-hydroxylation sites is 1. The van der Waals surface area contributed by atoms with Gasteiger partial charge in [0.05, 0.1) is 24.1 Å². The highest BCUT2D eigenvalue weighted by Crippen LogP contribution is 2.33. The molecule has 0 atom stereocenters. The highest BCUT2D eigenvalue weighted by molar-refractivity contribution is 7.22. The summed E-state index contributed by atoms with van der Waals surface area (Å²) in [6.07, 6.45) is 1.40. The summed E-state index contributed by atoms with van der Waals surface area (Å²) in [7, 11) is 1.58. The molecule has 0 aliphatic rings. The van der Waals surface area contributed by atoms with Crippen LogP contribution in [0.1, 0.15) is 5.76 Å². The minimum absolute atomic E-state index is 0.299. The van der Waals surface area contributed by atoms with Crippen molar-refractivity contribution in [3.63, 3.8) is 0 Å². The maximum atomic E-state index is 10.5. The summed E-state index contributed by atoms with van der Waals surface area (Å²) in [5.74, 6) is 0.661. The number of fused-ring (bicyclic) bond motifs is 1. The number of nitrogens with zero attached hydrogens (tertiary/aromatic N) is 3. The van der Waals surface area contributed by atoms with Crippen molar-refractivity contribution >= 4 is 38.8 Å². The molecule has 0 spiro atoms. The number of hydrogen-bond acceptors (Lipinski definition) is 7. The highest BCUT2D eigenvalue weighted by Gasteiger charge is 2.11. The van der Waals surface area contributed by atoms with Crippen molar-refractivity contribution in [3.05, 3.63) is 46.2 Å². The molecule has 21 heavy (non-hydrogen) atoms. The zero-order valence-electron chi connectivity index (χ0n) is 10.8. The molecule has 0 aliphatic carbocycles. The second kappa shape index (κ2) is 5.33. The van der Waals surface area contributed by atoms with E-state index in [1.165, 1.54) is 29.7 Å². The van der Waals surface area contributed by atoms with Crippen LogP contribution in [0.4, 0.5) is 11.0 Å². The normalized spacial score (nSPS) is 11.3. The Hall–Kier alpha value is -2.74. The molecule has 3 aromatic rings. The van der Waals surface area contributed by atoms with Crippen LogP contribution in [0.5, 0.6) is 5.75 Å². The molecule has 1 aromatic carbocycles. The molecule has 8 heteroatoms. The zero-order chi connectivity index (χ0) is 14.8. The smallest absolute Gasteiger partial charge is 0.433 e. The molecule has 0 unspecified atom stereocenters. The van der Waals surface area contributed by atoms with Crippen LogP contribution in [0, 0.1) is 10.1 Å². The minimum Gasteiger partial charge on any atom is -0.494 e. The van der Waals surface area contributed by atoms with Crippen LogP contribution in [0.25, 0.3) is 10.2 Å². The third-order valence-corrected chi connectivity index (χ3v) is 3.61. The molecular formula is C13H9N3O4S. The number of thiazole rings is 1. The number of aliphatic imine (C=N–C) groups is 1. The number of rotatable bonds is 4. The molecule has 3 rings (SSSR count). The van der Waals surface area contributed by atoms with Crippen LogP contribution in [-0.2, 0) is 0 Å². The molecule has 0 fully saturated rings. The van der Waals surface area contributed by atoms with Gasteiger partial charge in [-0.15, -0.1) is 0 Å². The second-order valence-corrected chi connectivity index (χ2v) is 5.00. The van der Waals surface area contributed by atoms with Gasteiger partial charge >= 0.3 is 5.88 Å². The van der Waals surface area contributed by atoms with Crippen molar-refractivity contribution in [2.75, 3.05) is 7.11 Å². The van der Waals surface area contributed by atoms with Crippen LogP contribution >= 0.6 is 11.3 Å². The van der Waals surface area contributed by atoms with E-state index in [0.717, 1.165) is 10.2 Å². The fourth-order valence-corrected chi connectivity index (χ4v) is 2.59. The van der Waals surface area contributed by atoms with Crippen LogP contribution in [-0.4, -0.2) is 23.2 Å². The third-order valence-electron chi connectivity index (χ3n) is 2.69. The predicted molar refractivity (Wildman–Crippen MR) is 78.8 cm³/mol. The van der Waals surface area contributed by atoms with Crippen molar-refractivity contribution in [2.45, 2.75) is 0 Å². The Morgan fingerprint density at radius 3 is 3.00 bits per heavy atom. The molecule has 0 saturated heterocycles. The second-order valence-electron chi connectivity index (χ2n) is 3.99. The van der Waals surface area contributed by atoms with Crippen LogP contribution in [0.2, 0.25) is 0 Å². The lowest BCUT2D eigenvalue weighted by atomic mass is 10.3. The van der Waals surface area contributed by atoms with Gasteiger partial charge in [0.1, 0.15) is 16.2 Å². The maximum absolute atomic E-state index is 10.5. The zero-order valence-corrected chi connectivity index (χ0v) is 11.7. The summed E-state index contributed by atoms with van der Waals surface area (Å²) in [5, 5.41) is 11.0. The standard InChI is InChI=1S/C13H9N3O4S/c1-19-9-3-2-4-10-12(9)15-13(21-10)14-7-8-5-6-11(20-8)16(17)18/h2-7H,1H3. The summed E-state index contributed by atoms with van der Waals surface area (Å²) in [5.41, 5.74) is 0.738. The first-order valence-corrected chi connectivity index (χ1v) is 6.71. The van der Waals surface area contributed by atoms with Crippen LogP contribution < -0.4 is 4.74 Å². The van der Waals surface area contributed by atoms with Gasteiger partial charge in [0, 0.05) is 0 Å². The molecule has 2 aromatic heterocycles. The molecule has 0 radical (unpaired) electrons. The van der Waals surface area contributed by atoms with Gasteiger partial charge in [-0.1, -0.05) is 17.4 Å². The Labute approximate surface area is 122 Å². The van der Waals surface area contributed by atoms with E-state index in [4.69, 9.17) is 9.15 Å². The van der Waals surface area contributed by atoms with Crippen LogP contribution in [0.3, 0.4) is 0 Å². The third kappa shape index (κ3) is 2.61. The first-order valence-electron chi connectivity index (χ1n) is 5.89. The number of ether oxygens (including phenoxy) is 1. The topological polar surface area (TPSA) is 90.8 Å². The van der Waals surface area contributed by atoms with Gasteiger partial charge in [-0.25, -0.2) is 9.98 Å². The molecule has 0 saturated carbocycles. The van der Waals surface area contributed by atoms with Gasteiger partial charge in [0.25, 0.3) is 0 Å². The van der Waals surface area contributed by atoms with Gasteiger partial charge in [-0.05, 0) is 18.2 Å². The molecule has 7 nitrogen and oxygen atoms in total. The van der Waals surface area contributed by atoms with E-state index >= 15 is 0 Å². The quantitative estimate of drug-likeness (QED) is 0.417. The Morgan fingerprint density at radius 1 is 1.43 bits per heavy atom. The largest absolute Gasteiger partial charge is 0.494 e. The average molecular weight is 303 g/mol. The van der Waals surface area contributed by atoms with E-state index in [2.05, 4.69) is 9.98 Å². The SMILES string of the molecule is COc1cccc2sc(N=Cc3ccc([N+](=O)[O-])o3)nc12. The van der Waals surface area contributed by atoms with E-state index in [-0.39, 0.29) is 5.88 Å². The van der Waals surface area contributed by atoms with Gasteiger partial charge in [0.2, 0.25) is 5.13 Å². The lowest BCUT2D eigenvalue weighted by Gasteiger charge is -1.97. The predicted octanol–water partition coefficient (Wildman–Crippen LogP) is 3.56. The minimum atomic E-state index is -0.597. The maximum Gasteiger partial charge on any atom is 0.433 e. The molecule has 0 bridgehead atoms. The molecule has 0 amide bonds. The lowest BCUT2D eigenvalue weighted by molar-refractivity contribution is -0.402. The van der Waals surface area contributed by atoms with E-state index in [9.17, 15) is 10.1 Å². The number of methoxy groups -OCH3 is 1. The van der Waals surface area contributed by atoms with E-state index in [1.807, 2.05) is 18.2 Å². The summed E-state index contributed by atoms with van der Waals surface area (Å²) < 4.78 is 11.2. The summed E-state index contributed by atoms with van der Waals surface area (Å²) in [4.78, 5) is 18.5. The lowest BCUT2D eigenvalue weighted by Crippen LogP contribution is -1.83. The molecule has 0 N–H and O–H groups in total. The number of benzene rings is 1. The number of nitro groups is 1. The van der Waals surface area contributed by atoms with Crippen molar-refractivity contribution in [1.29, 1.82) is 0 Å². The molecule has 106 valence electrons. The first-order chi connectivity index (χ1) is 10.2. The molecule has 2 heterocycles. The highest BCUT2D eigenvalue weighted by atomic mass is 32.1. The van der Waals surface area contributed by atoms with Gasteiger partial charge in [0.15, 0.2) is 5.76 Å². The van der Waals surface area contributed by atoms with Gasteiger partial charge in [-0.2, -0.15) is 0 Å². The van der Waals surface area contributed by atoms with Crippen LogP contribution in [0.15, 0.2) is 39.7 Å². The summed E-state index contributed by atoms with van der Waals surface area (Å²) in [6, 6.07) is 8.39. The molecule has 0 aliphatic heterocycles. The first kappa shape index (κ1) is 13.3. The molecular weight excluding hydrogens is 294 g/mol. The number of aromatic nitrogens is 1. The van der Waals surface area contributed by atoms with Crippen molar-refractivity contribution in [1.82, 2.24) is 4.98 Å². The van der Waals surface area contributed by atoms with Gasteiger partial charge < -0.3 is 9.15 Å². The van der Waals surface area contributed by atoms with E-state index in [0.29, 0.717) is 16.6 Å². The van der Waals surface area contributed by atoms with Crippen molar-refractivity contribution in [2.24, 2.45) is 4.99 Å². The fraction of sp³-hybridized carbons (Fsp3) is 0.0769. The van der Waals surface area contributed by atoms with Crippen molar-refractivity contribution < 1.29 is 14.1 Å². The number of furan rings is 1. The van der Waals surface area contributed by atoms with E-state index in [1.54, 1.807) is 7.11 Å². The van der Waals surface area contributed by atoms with E-state index < -0.39 is 4.92 Å². The monoisotopic (exact) mass is 303 g/mol. The van der Waals surface area contributed by atoms with Gasteiger partial charge in [-0.3, -0.25) is 10.1 Å². The Kier molecular flexibility index (Phi) is 3.36. The summed E-state index contributed by atoms with van der Waals surface area (Å²) >= 11 is 1.39. The fourth-order valence-electron chi connectivity index (χ4n) is 1.76. The Morgan fingerprint density at radius 2 is 2.29 bits per heavy atom. The summed E-state index contributed by atoms with van der Waals surface area (Å²) in [6.45, 7) is 0. The average Bonchev–Trinajstić information content (AvgIpc) is 3.10.